The van der Waals surface area contributed by atoms with Gasteiger partial charge in [0.05, 0.1) is 29.1 Å². The lowest BCUT2D eigenvalue weighted by molar-refractivity contribution is -0.106. The number of allylic oxidation sites excluding steroid dienone is 1. The Balaban J connectivity index is 1.43. The number of rotatable bonds is 7. The number of carbonyl (C=O) groups excluding carboxylic acids is 1. The highest BCUT2D eigenvalue weighted by atomic mass is 19.2. The van der Waals surface area contributed by atoms with Crippen LogP contribution in [0, 0.1) is 11.6 Å². The Bertz CT molecular complexity index is 1370. The first kappa shape index (κ1) is 21.8. The Hall–Kier alpha value is -4.07. The fourth-order valence-corrected chi connectivity index (χ4v) is 4.37. The lowest BCUT2D eigenvalue weighted by Gasteiger charge is -2.24. The molecule has 1 aliphatic heterocycles. The second kappa shape index (κ2) is 9.05. The molecule has 4 aromatic rings. The molecule has 0 N–H and O–H groups in total. The third-order valence-electron chi connectivity index (χ3n) is 6.07. The molecule has 2 aromatic heterocycles. The number of ether oxygens (including phenoxy) is 1. The van der Waals surface area contributed by atoms with Gasteiger partial charge in [0.25, 0.3) is 0 Å². The van der Waals surface area contributed by atoms with Gasteiger partial charge in [-0.25, -0.2) is 9.37 Å². The minimum absolute atomic E-state index is 0.0461. The summed E-state index contributed by atoms with van der Waals surface area (Å²) in [7, 11) is 0. The number of nitrogens with zero attached hydrogens (tertiary/aromatic N) is 4. The first-order valence-electron chi connectivity index (χ1n) is 11.0. The molecule has 1 atom stereocenters. The molecule has 0 saturated carbocycles. The van der Waals surface area contributed by atoms with Crippen molar-refractivity contribution >= 4 is 11.8 Å². The number of hydrogen-bond donors (Lipinski definition) is 0. The Labute approximate surface area is 195 Å². The topological polar surface area (TPSA) is 59.7 Å². The zero-order chi connectivity index (χ0) is 23.7. The fraction of sp³-hybridized carbons (Fsp3) is 0.192. The molecule has 2 aromatic carbocycles. The van der Waals surface area contributed by atoms with Crippen LogP contribution in [-0.2, 0) is 11.4 Å². The standard InChI is InChI=1S/C26H22F2N4O2/c1-17(15-33)31-12-3-5-21(31)26-30-25(22-14-29-11-13-32(22)26)19-9-7-18(8-10-19)16-34-23-6-2-4-20(27)24(23)28/h2,4,6-11,13-15,21H,1,3,5,12,16H2/t21-/m0/s1. The van der Waals surface area contributed by atoms with E-state index in [1.807, 2.05) is 39.8 Å². The molecule has 34 heavy (non-hydrogen) atoms. The van der Waals surface area contributed by atoms with Gasteiger partial charge in [-0.05, 0) is 30.5 Å². The number of carbonyl (C=O) groups is 1. The summed E-state index contributed by atoms with van der Waals surface area (Å²) in [5, 5.41) is 0. The molecule has 5 rings (SSSR count). The van der Waals surface area contributed by atoms with E-state index in [2.05, 4.69) is 11.6 Å². The number of likely N-dealkylation sites (tertiary alicyclic amines) is 1. The normalized spacial score (nSPS) is 15.6. The van der Waals surface area contributed by atoms with Crippen LogP contribution in [-0.4, -0.2) is 32.1 Å². The van der Waals surface area contributed by atoms with Gasteiger partial charge in [-0.15, -0.1) is 0 Å². The van der Waals surface area contributed by atoms with Gasteiger partial charge in [-0.1, -0.05) is 36.9 Å². The largest absolute Gasteiger partial charge is 0.486 e. The zero-order valence-corrected chi connectivity index (χ0v) is 18.3. The summed E-state index contributed by atoms with van der Waals surface area (Å²) in [5.74, 6) is -1.23. The molecule has 6 nitrogen and oxygen atoms in total. The number of hydrogen-bond acceptors (Lipinski definition) is 5. The average molecular weight is 460 g/mol. The summed E-state index contributed by atoms with van der Waals surface area (Å²) in [6.45, 7) is 4.75. The molecule has 0 spiro atoms. The molecule has 3 heterocycles. The van der Waals surface area contributed by atoms with Gasteiger partial charge in [0.2, 0.25) is 5.82 Å². The maximum absolute atomic E-state index is 13.8. The molecular formula is C26H22F2N4O2. The van der Waals surface area contributed by atoms with Crippen molar-refractivity contribution in [2.75, 3.05) is 6.54 Å². The van der Waals surface area contributed by atoms with E-state index in [4.69, 9.17) is 9.72 Å². The van der Waals surface area contributed by atoms with E-state index in [-0.39, 0.29) is 18.4 Å². The third-order valence-corrected chi connectivity index (χ3v) is 6.07. The molecule has 8 heteroatoms. The molecule has 0 amide bonds. The van der Waals surface area contributed by atoms with Crippen molar-refractivity contribution in [3.63, 3.8) is 0 Å². The van der Waals surface area contributed by atoms with Crippen molar-refractivity contribution in [1.29, 1.82) is 0 Å². The van der Waals surface area contributed by atoms with Crippen LogP contribution in [0.15, 0.2) is 73.3 Å². The summed E-state index contributed by atoms with van der Waals surface area (Å²) >= 11 is 0. The first-order chi connectivity index (χ1) is 16.6. The van der Waals surface area contributed by atoms with E-state index >= 15 is 0 Å². The highest BCUT2D eigenvalue weighted by Gasteiger charge is 2.31. The minimum atomic E-state index is -0.998. The summed E-state index contributed by atoms with van der Waals surface area (Å²) in [4.78, 5) is 22.6. The molecule has 0 unspecified atom stereocenters. The number of imidazole rings is 1. The van der Waals surface area contributed by atoms with Crippen LogP contribution < -0.4 is 4.74 Å². The average Bonchev–Trinajstić information content (AvgIpc) is 3.50. The molecule has 1 fully saturated rings. The molecule has 0 aliphatic carbocycles. The number of benzene rings is 2. The summed E-state index contributed by atoms with van der Waals surface area (Å²) < 4.78 is 34.7. The lowest BCUT2D eigenvalue weighted by Crippen LogP contribution is -2.24. The Morgan fingerprint density at radius 1 is 1.21 bits per heavy atom. The number of aromatic nitrogens is 3. The van der Waals surface area contributed by atoms with Gasteiger partial charge in [0.1, 0.15) is 12.4 Å². The molecular weight excluding hydrogens is 438 g/mol. The second-order valence-corrected chi connectivity index (χ2v) is 8.15. The van der Waals surface area contributed by atoms with Crippen molar-refractivity contribution < 1.29 is 18.3 Å². The summed E-state index contributed by atoms with van der Waals surface area (Å²) in [6.07, 6.45) is 7.96. The Morgan fingerprint density at radius 3 is 2.82 bits per heavy atom. The van der Waals surface area contributed by atoms with Crippen LogP contribution in [0.3, 0.4) is 0 Å². The van der Waals surface area contributed by atoms with E-state index in [9.17, 15) is 13.6 Å². The zero-order valence-electron chi connectivity index (χ0n) is 18.3. The number of halogens is 2. The first-order valence-corrected chi connectivity index (χ1v) is 11.0. The van der Waals surface area contributed by atoms with E-state index in [0.717, 1.165) is 59.9 Å². The Morgan fingerprint density at radius 2 is 2.03 bits per heavy atom. The van der Waals surface area contributed by atoms with Crippen LogP contribution in [0.1, 0.15) is 30.3 Å². The molecule has 1 saturated heterocycles. The minimum Gasteiger partial charge on any atom is -0.486 e. The highest BCUT2D eigenvalue weighted by molar-refractivity contribution is 5.77. The third kappa shape index (κ3) is 3.91. The number of fused-ring (bicyclic) bond motifs is 1. The van der Waals surface area contributed by atoms with Crippen molar-refractivity contribution in [2.24, 2.45) is 0 Å². The molecule has 1 aliphatic rings. The lowest BCUT2D eigenvalue weighted by atomic mass is 10.1. The van der Waals surface area contributed by atoms with Gasteiger partial charge in [0, 0.05) is 24.5 Å². The van der Waals surface area contributed by atoms with Gasteiger partial charge >= 0.3 is 0 Å². The maximum atomic E-state index is 13.8. The van der Waals surface area contributed by atoms with Gasteiger partial charge in [-0.2, -0.15) is 4.39 Å². The van der Waals surface area contributed by atoms with Crippen LogP contribution in [0.4, 0.5) is 8.78 Å². The molecule has 0 radical (unpaired) electrons. The summed E-state index contributed by atoms with van der Waals surface area (Å²) in [6, 6.07) is 11.4. The predicted octanol–water partition coefficient (Wildman–Crippen LogP) is 5.10. The van der Waals surface area contributed by atoms with E-state index in [1.165, 1.54) is 12.1 Å². The maximum Gasteiger partial charge on any atom is 0.200 e. The van der Waals surface area contributed by atoms with Gasteiger partial charge in [0.15, 0.2) is 17.9 Å². The van der Waals surface area contributed by atoms with Crippen LogP contribution >= 0.6 is 0 Å². The number of aldehydes is 1. The van der Waals surface area contributed by atoms with E-state index in [0.29, 0.717) is 5.70 Å². The second-order valence-electron chi connectivity index (χ2n) is 8.15. The Kier molecular flexibility index (Phi) is 5.79. The van der Waals surface area contributed by atoms with Crippen LogP contribution in [0.25, 0.3) is 16.8 Å². The van der Waals surface area contributed by atoms with Crippen molar-refractivity contribution in [3.8, 4) is 17.0 Å². The smallest absolute Gasteiger partial charge is 0.200 e. The van der Waals surface area contributed by atoms with E-state index in [1.54, 1.807) is 12.4 Å². The van der Waals surface area contributed by atoms with Crippen molar-refractivity contribution in [1.82, 2.24) is 19.3 Å². The van der Waals surface area contributed by atoms with Gasteiger partial charge in [-0.3, -0.25) is 14.2 Å². The van der Waals surface area contributed by atoms with Crippen LogP contribution in [0.5, 0.6) is 5.75 Å². The predicted molar refractivity (Wildman–Crippen MR) is 123 cm³/mol. The summed E-state index contributed by atoms with van der Waals surface area (Å²) in [5.41, 5.74) is 3.77. The molecule has 172 valence electrons. The van der Waals surface area contributed by atoms with Crippen molar-refractivity contribution in [3.05, 3.63) is 96.4 Å². The van der Waals surface area contributed by atoms with Crippen molar-refractivity contribution in [2.45, 2.75) is 25.5 Å². The SMILES string of the molecule is C=C(C=O)N1CCC[C@H]1c1nc(-c2ccc(COc3cccc(F)c3F)cc2)c2cnccn12. The highest BCUT2D eigenvalue weighted by Crippen LogP contribution is 2.36. The quantitative estimate of drug-likeness (QED) is 0.284. The van der Waals surface area contributed by atoms with E-state index < -0.39 is 11.6 Å². The van der Waals surface area contributed by atoms with Gasteiger partial charge < -0.3 is 9.64 Å². The monoisotopic (exact) mass is 460 g/mol. The molecule has 0 bridgehead atoms. The fourth-order valence-electron chi connectivity index (χ4n) is 4.37. The van der Waals surface area contributed by atoms with Crippen LogP contribution in [0.2, 0.25) is 0 Å².